The molecular formula is C25H26BrN5O2S2. The molecule has 0 aliphatic carbocycles. The van der Waals surface area contributed by atoms with E-state index in [9.17, 15) is 9.59 Å². The van der Waals surface area contributed by atoms with Crippen LogP contribution in [0.3, 0.4) is 0 Å². The van der Waals surface area contributed by atoms with Crippen LogP contribution in [0.4, 0.5) is 5.13 Å². The number of fused-ring (bicyclic) bond motifs is 1. The third-order valence-electron chi connectivity index (χ3n) is 5.27. The van der Waals surface area contributed by atoms with Crippen LogP contribution in [0.5, 0.6) is 0 Å². The van der Waals surface area contributed by atoms with E-state index in [0.29, 0.717) is 27.7 Å². The van der Waals surface area contributed by atoms with E-state index >= 15 is 0 Å². The lowest BCUT2D eigenvalue weighted by Gasteiger charge is -2.14. The smallest absolute Gasteiger partial charge is 0.262 e. The minimum Gasteiger partial charge on any atom is -0.309 e. The Hall–Kier alpha value is -2.53. The predicted octanol–water partition coefficient (Wildman–Crippen LogP) is 5.36. The Kier molecular flexibility index (Phi) is 8.72. The number of thioether (sulfide) groups is 1. The van der Waals surface area contributed by atoms with Gasteiger partial charge in [0.25, 0.3) is 5.56 Å². The molecule has 10 heteroatoms. The van der Waals surface area contributed by atoms with E-state index in [0.717, 1.165) is 35.1 Å². The zero-order valence-corrected chi connectivity index (χ0v) is 22.8. The van der Waals surface area contributed by atoms with E-state index in [4.69, 9.17) is 4.98 Å². The molecule has 35 heavy (non-hydrogen) atoms. The van der Waals surface area contributed by atoms with E-state index in [1.54, 1.807) is 10.6 Å². The van der Waals surface area contributed by atoms with Crippen molar-refractivity contribution in [3.05, 3.63) is 68.7 Å². The maximum atomic E-state index is 13.2. The second-order valence-corrected chi connectivity index (χ2v) is 11.0. The van der Waals surface area contributed by atoms with Gasteiger partial charge >= 0.3 is 0 Å². The minimum absolute atomic E-state index is 0.0676. The number of nitrogens with one attached hydrogen (secondary N) is 1. The highest BCUT2D eigenvalue weighted by molar-refractivity contribution is 9.10. The van der Waals surface area contributed by atoms with Crippen molar-refractivity contribution >= 4 is 61.0 Å². The molecule has 0 saturated carbocycles. The molecule has 0 saturated heterocycles. The Labute approximate surface area is 220 Å². The SMILES string of the molecule is CN(C)CCCCn1c(SCC(=O)Nc2nc(-c3cccc(Br)c3)cs2)nc2ccccc2c1=O. The molecule has 2 aromatic carbocycles. The van der Waals surface area contributed by atoms with Gasteiger partial charge in [0, 0.05) is 22.0 Å². The van der Waals surface area contributed by atoms with Gasteiger partial charge in [0.2, 0.25) is 5.91 Å². The third kappa shape index (κ3) is 6.78. The van der Waals surface area contributed by atoms with Crippen LogP contribution in [0, 0.1) is 0 Å². The Morgan fingerprint density at radius 2 is 1.97 bits per heavy atom. The molecule has 0 unspecified atom stereocenters. The van der Waals surface area contributed by atoms with Gasteiger partial charge in [-0.25, -0.2) is 9.97 Å². The number of nitrogens with zero attached hydrogens (tertiary/aromatic N) is 4. The van der Waals surface area contributed by atoms with Gasteiger partial charge in [0.15, 0.2) is 10.3 Å². The molecule has 7 nitrogen and oxygen atoms in total. The van der Waals surface area contributed by atoms with Crippen LogP contribution in [0.25, 0.3) is 22.2 Å². The van der Waals surface area contributed by atoms with Gasteiger partial charge in [0.05, 0.1) is 22.3 Å². The quantitative estimate of drug-likeness (QED) is 0.157. The maximum Gasteiger partial charge on any atom is 0.262 e. The lowest BCUT2D eigenvalue weighted by atomic mass is 10.2. The summed E-state index contributed by atoms with van der Waals surface area (Å²) in [4.78, 5) is 37.2. The van der Waals surface area contributed by atoms with Crippen LogP contribution >= 0.6 is 39.0 Å². The summed E-state index contributed by atoms with van der Waals surface area (Å²) in [7, 11) is 4.07. The lowest BCUT2D eigenvalue weighted by molar-refractivity contribution is -0.113. The second kappa shape index (κ2) is 11.9. The monoisotopic (exact) mass is 571 g/mol. The zero-order chi connectivity index (χ0) is 24.8. The van der Waals surface area contributed by atoms with Gasteiger partial charge in [-0.2, -0.15) is 0 Å². The first-order valence-electron chi connectivity index (χ1n) is 11.2. The Balaban J connectivity index is 1.45. The first-order valence-corrected chi connectivity index (χ1v) is 13.8. The Bertz CT molecular complexity index is 1390. The fraction of sp³-hybridized carbons (Fsp3) is 0.280. The Morgan fingerprint density at radius 3 is 2.77 bits per heavy atom. The largest absolute Gasteiger partial charge is 0.309 e. The van der Waals surface area contributed by atoms with Crippen LogP contribution in [-0.2, 0) is 11.3 Å². The highest BCUT2D eigenvalue weighted by Crippen LogP contribution is 2.27. The highest BCUT2D eigenvalue weighted by Gasteiger charge is 2.14. The number of anilines is 1. The number of amides is 1. The molecule has 0 aliphatic rings. The lowest BCUT2D eigenvalue weighted by Crippen LogP contribution is -2.25. The molecule has 0 spiro atoms. The summed E-state index contributed by atoms with van der Waals surface area (Å²) >= 11 is 6.13. The number of unbranched alkanes of at least 4 members (excludes halogenated alkanes) is 1. The summed E-state index contributed by atoms with van der Waals surface area (Å²) in [6.45, 7) is 1.52. The van der Waals surface area contributed by atoms with E-state index in [1.165, 1.54) is 23.1 Å². The number of hydrogen-bond donors (Lipinski definition) is 1. The van der Waals surface area contributed by atoms with Crippen LogP contribution in [0.2, 0.25) is 0 Å². The second-order valence-electron chi connectivity index (χ2n) is 8.26. The molecule has 1 N–H and O–H groups in total. The van der Waals surface area contributed by atoms with Crippen molar-refractivity contribution in [3.63, 3.8) is 0 Å². The summed E-state index contributed by atoms with van der Waals surface area (Å²) in [6, 6.07) is 15.2. The van der Waals surface area contributed by atoms with E-state index < -0.39 is 0 Å². The van der Waals surface area contributed by atoms with E-state index in [-0.39, 0.29) is 17.2 Å². The average Bonchev–Trinajstić information content (AvgIpc) is 3.30. The van der Waals surface area contributed by atoms with Gasteiger partial charge in [-0.05, 0) is 57.7 Å². The summed E-state index contributed by atoms with van der Waals surface area (Å²) in [6.07, 6.45) is 1.83. The number of carbonyl (C=O) groups excluding carboxylic acids is 1. The fourth-order valence-electron chi connectivity index (χ4n) is 3.55. The molecule has 182 valence electrons. The molecule has 2 heterocycles. The number of halogens is 1. The van der Waals surface area contributed by atoms with Crippen molar-refractivity contribution < 1.29 is 4.79 Å². The molecule has 0 atom stereocenters. The number of thiazole rings is 1. The topological polar surface area (TPSA) is 80.1 Å². The predicted molar refractivity (Wildman–Crippen MR) is 148 cm³/mol. The Morgan fingerprint density at radius 1 is 1.14 bits per heavy atom. The number of hydrogen-bond acceptors (Lipinski definition) is 7. The van der Waals surface area contributed by atoms with Crippen molar-refractivity contribution in [2.45, 2.75) is 24.5 Å². The fourth-order valence-corrected chi connectivity index (χ4v) is 5.51. The molecule has 0 fully saturated rings. The average molecular weight is 573 g/mol. The maximum absolute atomic E-state index is 13.2. The number of aromatic nitrogens is 3. The van der Waals surface area contributed by atoms with Crippen LogP contribution in [0.15, 0.2) is 68.3 Å². The summed E-state index contributed by atoms with van der Waals surface area (Å²) in [5, 5.41) is 6.48. The zero-order valence-electron chi connectivity index (χ0n) is 19.5. The minimum atomic E-state index is -0.188. The molecule has 4 rings (SSSR count). The van der Waals surface area contributed by atoms with Gasteiger partial charge in [-0.15, -0.1) is 11.3 Å². The van der Waals surface area contributed by atoms with Gasteiger partial charge in [-0.1, -0.05) is 52.0 Å². The van der Waals surface area contributed by atoms with Gasteiger partial charge in [-0.3, -0.25) is 14.2 Å². The first kappa shape index (κ1) is 25.6. The van der Waals surface area contributed by atoms with E-state index in [1.807, 2.05) is 61.9 Å². The van der Waals surface area contributed by atoms with Crippen molar-refractivity contribution in [2.75, 3.05) is 31.7 Å². The molecule has 4 aromatic rings. The van der Waals surface area contributed by atoms with Gasteiger partial charge in [0.1, 0.15) is 0 Å². The van der Waals surface area contributed by atoms with Gasteiger partial charge < -0.3 is 10.2 Å². The van der Waals surface area contributed by atoms with Crippen molar-refractivity contribution in [1.82, 2.24) is 19.4 Å². The highest BCUT2D eigenvalue weighted by atomic mass is 79.9. The van der Waals surface area contributed by atoms with Crippen molar-refractivity contribution in [2.24, 2.45) is 0 Å². The standard InChI is InChI=1S/C25H26BrN5O2S2/c1-30(2)12-5-6-13-31-23(33)19-10-3-4-11-20(19)28-25(31)35-16-22(32)29-24-27-21(15-34-24)17-8-7-9-18(26)14-17/h3-4,7-11,14-15H,5-6,12-13,16H2,1-2H3,(H,27,29,32). The third-order valence-corrected chi connectivity index (χ3v) is 7.49. The van der Waals surface area contributed by atoms with E-state index in [2.05, 4.69) is 31.1 Å². The molecule has 2 aromatic heterocycles. The summed E-state index contributed by atoms with van der Waals surface area (Å²) < 4.78 is 2.67. The molecule has 0 aliphatic heterocycles. The van der Waals surface area contributed by atoms with Crippen molar-refractivity contribution in [3.8, 4) is 11.3 Å². The molecule has 1 amide bonds. The first-order chi connectivity index (χ1) is 16.9. The van der Waals surface area contributed by atoms with Crippen LogP contribution < -0.4 is 10.9 Å². The summed E-state index contributed by atoms with van der Waals surface area (Å²) in [5.41, 5.74) is 2.36. The number of carbonyl (C=O) groups is 1. The summed E-state index contributed by atoms with van der Waals surface area (Å²) in [5.74, 6) is -0.0550. The molecule has 0 bridgehead atoms. The van der Waals surface area contributed by atoms with Crippen LogP contribution in [-0.4, -0.2) is 51.7 Å². The number of benzene rings is 2. The van der Waals surface area contributed by atoms with Crippen LogP contribution in [0.1, 0.15) is 12.8 Å². The van der Waals surface area contributed by atoms with Crippen molar-refractivity contribution in [1.29, 1.82) is 0 Å². The normalized spacial score (nSPS) is 11.3. The molecule has 0 radical (unpaired) electrons. The molecular weight excluding hydrogens is 546 g/mol. The number of para-hydroxylation sites is 1. The number of rotatable bonds is 10.